The van der Waals surface area contributed by atoms with Gasteiger partial charge in [0.15, 0.2) is 0 Å². The normalized spacial score (nSPS) is 10.2. The molecule has 0 radical (unpaired) electrons. The molecule has 7 heteroatoms. The van der Waals surface area contributed by atoms with Crippen LogP contribution in [-0.4, -0.2) is 20.9 Å². The Morgan fingerprint density at radius 3 is 1.61 bits per heavy atom. The monoisotopic (exact) mass is 408 g/mol. The van der Waals surface area contributed by atoms with Gasteiger partial charge >= 0.3 is 0 Å². The first-order valence-corrected chi connectivity index (χ1v) is 9.65. The summed E-state index contributed by atoms with van der Waals surface area (Å²) in [6.07, 6.45) is 1.23. The van der Waals surface area contributed by atoms with Gasteiger partial charge in [-0.1, -0.05) is 61.2 Å². The lowest BCUT2D eigenvalue weighted by molar-refractivity contribution is -0.113. The van der Waals surface area contributed by atoms with Gasteiger partial charge in [0.1, 0.15) is 0 Å². The summed E-state index contributed by atoms with van der Waals surface area (Å²) in [6, 6.07) is 28.2. The van der Waals surface area contributed by atoms with E-state index in [0.717, 1.165) is 11.4 Å². The molecule has 4 rings (SSSR count). The zero-order valence-electron chi connectivity index (χ0n) is 16.6. The fourth-order valence-electron chi connectivity index (χ4n) is 2.89. The number of hydrogen-bond acceptors (Lipinski definition) is 6. The summed E-state index contributed by atoms with van der Waals surface area (Å²) in [6.45, 7) is 3.62. The number of carbonyl (C=O) groups is 1. The zero-order valence-corrected chi connectivity index (χ0v) is 16.6. The summed E-state index contributed by atoms with van der Waals surface area (Å²) in [4.78, 5) is 27.6. The van der Waals surface area contributed by atoms with Crippen LogP contribution in [0, 0.1) is 0 Å². The number of nitrogens with one attached hydrogen (secondary N) is 2. The van der Waals surface area contributed by atoms with Gasteiger partial charge in [-0.15, -0.1) is 0 Å². The van der Waals surface area contributed by atoms with Crippen molar-refractivity contribution in [2.75, 3.05) is 15.5 Å². The summed E-state index contributed by atoms with van der Waals surface area (Å²) >= 11 is 0. The Kier molecular flexibility index (Phi) is 5.95. The minimum Gasteiger partial charge on any atom is -0.324 e. The van der Waals surface area contributed by atoms with Crippen LogP contribution in [0.25, 0.3) is 0 Å². The summed E-state index contributed by atoms with van der Waals surface area (Å²) in [5.41, 5.74) is 2.24. The van der Waals surface area contributed by atoms with Crippen LogP contribution in [0.1, 0.15) is 0 Å². The molecular formula is C24H20N6O. The third-order valence-corrected chi connectivity index (χ3v) is 4.29. The number of nitrogens with zero attached hydrogens (tertiary/aromatic N) is 4. The molecule has 0 saturated heterocycles. The van der Waals surface area contributed by atoms with E-state index < -0.39 is 0 Å². The number of amides is 1. The van der Waals surface area contributed by atoms with Crippen molar-refractivity contribution in [3.63, 3.8) is 0 Å². The van der Waals surface area contributed by atoms with E-state index in [0.29, 0.717) is 17.6 Å². The van der Waals surface area contributed by atoms with Gasteiger partial charge in [0.2, 0.25) is 17.8 Å². The molecule has 2 N–H and O–H groups in total. The van der Waals surface area contributed by atoms with Crippen molar-refractivity contribution in [2.24, 2.45) is 0 Å². The third kappa shape index (κ3) is 4.91. The predicted octanol–water partition coefficient (Wildman–Crippen LogP) is 5.21. The highest BCUT2D eigenvalue weighted by molar-refractivity contribution is 6.05. The van der Waals surface area contributed by atoms with E-state index >= 15 is 0 Å². The molecule has 0 aliphatic heterocycles. The first-order chi connectivity index (χ1) is 15.2. The average Bonchev–Trinajstić information content (AvgIpc) is 2.81. The SMILES string of the molecule is C=CC(=O)N(c1ccccc1)c1nc(Nc2ccccc2)nc(Nc2ccccc2)n1. The fourth-order valence-corrected chi connectivity index (χ4v) is 2.89. The molecule has 4 aromatic rings. The lowest BCUT2D eigenvalue weighted by atomic mass is 10.3. The van der Waals surface area contributed by atoms with E-state index in [1.165, 1.54) is 11.0 Å². The van der Waals surface area contributed by atoms with E-state index in [4.69, 9.17) is 0 Å². The van der Waals surface area contributed by atoms with Gasteiger partial charge in [-0.25, -0.2) is 4.90 Å². The molecule has 31 heavy (non-hydrogen) atoms. The quantitative estimate of drug-likeness (QED) is 0.409. The van der Waals surface area contributed by atoms with Gasteiger partial charge in [0, 0.05) is 11.4 Å². The number of para-hydroxylation sites is 3. The molecule has 7 nitrogen and oxygen atoms in total. The Morgan fingerprint density at radius 1 is 0.710 bits per heavy atom. The molecule has 3 aromatic carbocycles. The molecule has 0 bridgehead atoms. The largest absolute Gasteiger partial charge is 0.324 e. The molecule has 0 atom stereocenters. The van der Waals surface area contributed by atoms with E-state index in [9.17, 15) is 4.79 Å². The molecule has 1 aromatic heterocycles. The zero-order chi connectivity index (χ0) is 21.5. The van der Waals surface area contributed by atoms with Crippen molar-refractivity contribution in [1.29, 1.82) is 0 Å². The summed E-state index contributed by atoms with van der Waals surface area (Å²) < 4.78 is 0. The molecule has 0 saturated carbocycles. The van der Waals surface area contributed by atoms with Gasteiger partial charge in [-0.05, 0) is 42.5 Å². The van der Waals surface area contributed by atoms with Crippen LogP contribution in [0.4, 0.5) is 34.9 Å². The lowest BCUT2D eigenvalue weighted by Gasteiger charge is -2.20. The van der Waals surface area contributed by atoms with Gasteiger partial charge in [-0.3, -0.25) is 4.79 Å². The first-order valence-electron chi connectivity index (χ1n) is 9.65. The molecule has 0 unspecified atom stereocenters. The highest BCUT2D eigenvalue weighted by atomic mass is 16.2. The minimum absolute atomic E-state index is 0.169. The highest BCUT2D eigenvalue weighted by Gasteiger charge is 2.20. The molecule has 152 valence electrons. The fraction of sp³-hybridized carbons (Fsp3) is 0. The lowest BCUT2D eigenvalue weighted by Crippen LogP contribution is -2.26. The molecule has 0 spiro atoms. The van der Waals surface area contributed by atoms with E-state index in [2.05, 4.69) is 32.2 Å². The van der Waals surface area contributed by atoms with Crippen molar-refractivity contribution in [3.05, 3.63) is 104 Å². The van der Waals surface area contributed by atoms with Crippen LogP contribution in [0.15, 0.2) is 104 Å². The van der Waals surface area contributed by atoms with Crippen molar-refractivity contribution in [1.82, 2.24) is 15.0 Å². The van der Waals surface area contributed by atoms with Gasteiger partial charge < -0.3 is 10.6 Å². The van der Waals surface area contributed by atoms with Crippen LogP contribution in [-0.2, 0) is 4.79 Å². The maximum atomic E-state index is 12.7. The Morgan fingerprint density at radius 2 is 1.16 bits per heavy atom. The molecule has 1 heterocycles. The van der Waals surface area contributed by atoms with Crippen LogP contribution in [0.3, 0.4) is 0 Å². The first kappa shape index (κ1) is 19.8. The minimum atomic E-state index is -0.353. The summed E-state index contributed by atoms with van der Waals surface area (Å²) in [5, 5.41) is 6.34. The Balaban J connectivity index is 1.79. The Hall–Kier alpha value is -4.52. The van der Waals surface area contributed by atoms with Crippen molar-refractivity contribution in [3.8, 4) is 0 Å². The molecule has 0 fully saturated rings. The second-order valence-electron chi connectivity index (χ2n) is 6.48. The van der Waals surface area contributed by atoms with Crippen molar-refractivity contribution in [2.45, 2.75) is 0 Å². The number of aromatic nitrogens is 3. The predicted molar refractivity (Wildman–Crippen MR) is 123 cm³/mol. The second-order valence-corrected chi connectivity index (χ2v) is 6.48. The standard InChI is InChI=1S/C24H20N6O/c1-2-21(31)30(20-16-10-5-11-17-20)24-28-22(25-18-12-6-3-7-13-18)27-23(29-24)26-19-14-8-4-9-15-19/h2-17H,1H2,(H2,25,26,27,28,29). The molecule has 0 aliphatic carbocycles. The number of carbonyl (C=O) groups excluding carboxylic acids is 1. The van der Waals surface area contributed by atoms with Crippen LogP contribution < -0.4 is 15.5 Å². The Labute approximate surface area is 180 Å². The number of rotatable bonds is 7. The van der Waals surface area contributed by atoms with E-state index in [1.807, 2.05) is 78.9 Å². The van der Waals surface area contributed by atoms with Crippen LogP contribution in [0.2, 0.25) is 0 Å². The number of anilines is 6. The van der Waals surface area contributed by atoms with E-state index in [-0.39, 0.29) is 11.9 Å². The highest BCUT2D eigenvalue weighted by Crippen LogP contribution is 2.26. The number of benzene rings is 3. The van der Waals surface area contributed by atoms with Crippen LogP contribution >= 0.6 is 0 Å². The second kappa shape index (κ2) is 9.32. The third-order valence-electron chi connectivity index (χ3n) is 4.29. The maximum absolute atomic E-state index is 12.7. The topological polar surface area (TPSA) is 83.0 Å². The molecule has 0 aliphatic rings. The summed E-state index contributed by atoms with van der Waals surface area (Å²) in [7, 11) is 0. The van der Waals surface area contributed by atoms with Gasteiger partial charge in [0.25, 0.3) is 5.91 Å². The van der Waals surface area contributed by atoms with Gasteiger partial charge in [0.05, 0.1) is 5.69 Å². The Bertz CT molecular complexity index is 1110. The molecular weight excluding hydrogens is 388 g/mol. The van der Waals surface area contributed by atoms with E-state index in [1.54, 1.807) is 12.1 Å². The maximum Gasteiger partial charge on any atom is 0.257 e. The average molecular weight is 408 g/mol. The molecule has 1 amide bonds. The number of hydrogen-bond donors (Lipinski definition) is 2. The van der Waals surface area contributed by atoms with Crippen molar-refractivity contribution >= 4 is 40.8 Å². The van der Waals surface area contributed by atoms with Gasteiger partial charge in [-0.2, -0.15) is 15.0 Å². The smallest absolute Gasteiger partial charge is 0.257 e. The summed E-state index contributed by atoms with van der Waals surface area (Å²) in [5.74, 6) is 0.413. The van der Waals surface area contributed by atoms with Crippen molar-refractivity contribution < 1.29 is 4.79 Å². The van der Waals surface area contributed by atoms with Crippen LogP contribution in [0.5, 0.6) is 0 Å².